The van der Waals surface area contributed by atoms with Crippen molar-refractivity contribution in [1.29, 1.82) is 0 Å². The van der Waals surface area contributed by atoms with Crippen LogP contribution in [0.5, 0.6) is 0 Å². The fourth-order valence-electron chi connectivity index (χ4n) is 3.00. The number of carbonyl (C=O) groups excluding carboxylic acids is 2. The number of hydrogen-bond donors (Lipinski definition) is 0. The summed E-state index contributed by atoms with van der Waals surface area (Å²) >= 11 is 0. The molecule has 0 aromatic carbocycles. The van der Waals surface area contributed by atoms with Gasteiger partial charge in [0.15, 0.2) is 0 Å². The van der Waals surface area contributed by atoms with Gasteiger partial charge in [0.1, 0.15) is 6.04 Å². The minimum absolute atomic E-state index is 0.0227. The van der Waals surface area contributed by atoms with Crippen molar-refractivity contribution in [3.8, 4) is 0 Å². The highest BCUT2D eigenvalue weighted by Gasteiger charge is 2.36. The predicted molar refractivity (Wildman–Crippen MR) is 78.9 cm³/mol. The van der Waals surface area contributed by atoms with Gasteiger partial charge in [-0.05, 0) is 6.07 Å². The van der Waals surface area contributed by atoms with Gasteiger partial charge in [0.05, 0.1) is 32.0 Å². The van der Waals surface area contributed by atoms with Crippen LogP contribution in [0.2, 0.25) is 0 Å². The second kappa shape index (κ2) is 6.08. The molecule has 1 saturated heterocycles. The van der Waals surface area contributed by atoms with Crippen molar-refractivity contribution in [3.63, 3.8) is 0 Å². The minimum atomic E-state index is -0.431. The molecule has 2 aliphatic heterocycles. The van der Waals surface area contributed by atoms with Crippen LogP contribution in [0.25, 0.3) is 0 Å². The average molecular weight is 306 g/mol. The van der Waals surface area contributed by atoms with Gasteiger partial charge >= 0.3 is 0 Å². The molecule has 1 aromatic rings. The molecule has 0 radical (unpaired) electrons. The molecule has 120 valence electrons. The summed E-state index contributed by atoms with van der Waals surface area (Å²) in [5.74, 6) is 0.0235. The summed E-state index contributed by atoms with van der Waals surface area (Å²) in [6, 6.07) is 1.44. The van der Waals surface area contributed by atoms with Crippen LogP contribution in [0.1, 0.15) is 25.6 Å². The first-order chi connectivity index (χ1) is 10.6. The lowest BCUT2D eigenvalue weighted by molar-refractivity contribution is -0.144. The molecule has 3 heterocycles. The van der Waals surface area contributed by atoms with Crippen molar-refractivity contribution in [2.24, 2.45) is 5.92 Å². The van der Waals surface area contributed by atoms with Crippen molar-refractivity contribution in [1.82, 2.24) is 19.6 Å². The number of ether oxygens (including phenoxy) is 1. The third-order valence-corrected chi connectivity index (χ3v) is 4.21. The molecular formula is C15H22N4O3. The molecule has 7 heteroatoms. The molecule has 1 atom stereocenters. The number of nitrogens with zero attached hydrogens (tertiary/aromatic N) is 4. The summed E-state index contributed by atoms with van der Waals surface area (Å²) < 4.78 is 7.07. The molecule has 1 unspecified atom stereocenters. The molecule has 0 N–H and O–H groups in total. The first kappa shape index (κ1) is 15.0. The molecule has 2 aliphatic rings. The van der Waals surface area contributed by atoms with Crippen molar-refractivity contribution in [3.05, 3.63) is 18.0 Å². The third kappa shape index (κ3) is 2.72. The van der Waals surface area contributed by atoms with E-state index >= 15 is 0 Å². The second-order valence-corrected chi connectivity index (χ2v) is 6.09. The zero-order chi connectivity index (χ0) is 15.7. The highest BCUT2D eigenvalue weighted by Crippen LogP contribution is 2.24. The highest BCUT2D eigenvalue weighted by molar-refractivity contribution is 5.83. The molecule has 1 aromatic heterocycles. The maximum atomic E-state index is 12.8. The first-order valence-electron chi connectivity index (χ1n) is 7.75. The number of amides is 2. The topological polar surface area (TPSA) is 67.7 Å². The Kier molecular flexibility index (Phi) is 4.15. The Morgan fingerprint density at radius 3 is 2.68 bits per heavy atom. The van der Waals surface area contributed by atoms with Gasteiger partial charge in [-0.2, -0.15) is 5.10 Å². The first-order valence-corrected chi connectivity index (χ1v) is 7.75. The quantitative estimate of drug-likeness (QED) is 0.787. The van der Waals surface area contributed by atoms with Crippen LogP contribution >= 0.6 is 0 Å². The van der Waals surface area contributed by atoms with Gasteiger partial charge in [-0.1, -0.05) is 13.8 Å². The van der Waals surface area contributed by atoms with Crippen molar-refractivity contribution in [2.45, 2.75) is 26.4 Å². The smallest absolute Gasteiger partial charge is 0.249 e. The van der Waals surface area contributed by atoms with Gasteiger partial charge in [-0.3, -0.25) is 14.3 Å². The third-order valence-electron chi connectivity index (χ3n) is 4.21. The Balaban J connectivity index is 1.83. The Labute approximate surface area is 129 Å². The summed E-state index contributed by atoms with van der Waals surface area (Å²) in [5.41, 5.74) is 0.909. The lowest BCUT2D eigenvalue weighted by atomic mass is 10.1. The van der Waals surface area contributed by atoms with Gasteiger partial charge < -0.3 is 14.5 Å². The van der Waals surface area contributed by atoms with Gasteiger partial charge in [-0.15, -0.1) is 0 Å². The average Bonchev–Trinajstić information content (AvgIpc) is 3.01. The Morgan fingerprint density at radius 1 is 1.27 bits per heavy atom. The van der Waals surface area contributed by atoms with E-state index in [2.05, 4.69) is 5.10 Å². The Morgan fingerprint density at radius 2 is 2.00 bits per heavy atom. The van der Waals surface area contributed by atoms with E-state index in [1.54, 1.807) is 15.8 Å². The fraction of sp³-hybridized carbons (Fsp3) is 0.667. The number of carbonyl (C=O) groups is 2. The van der Waals surface area contributed by atoms with E-state index in [0.29, 0.717) is 39.4 Å². The Hall–Kier alpha value is -1.89. The lowest BCUT2D eigenvalue weighted by Gasteiger charge is -2.37. The second-order valence-electron chi connectivity index (χ2n) is 6.09. The molecule has 1 fully saturated rings. The number of rotatable bonds is 2. The van der Waals surface area contributed by atoms with Gasteiger partial charge in [0.25, 0.3) is 0 Å². The molecule has 22 heavy (non-hydrogen) atoms. The summed E-state index contributed by atoms with van der Waals surface area (Å²) in [6.45, 7) is 7.01. The van der Waals surface area contributed by atoms with Crippen LogP contribution in [0.15, 0.2) is 12.3 Å². The maximum absolute atomic E-state index is 12.8. The predicted octanol–water partition coefficient (Wildman–Crippen LogP) is 0.281. The maximum Gasteiger partial charge on any atom is 0.249 e. The highest BCUT2D eigenvalue weighted by atomic mass is 16.5. The zero-order valence-corrected chi connectivity index (χ0v) is 13.1. The summed E-state index contributed by atoms with van der Waals surface area (Å²) in [4.78, 5) is 28.7. The minimum Gasteiger partial charge on any atom is -0.378 e. The van der Waals surface area contributed by atoms with E-state index in [-0.39, 0.29) is 17.7 Å². The van der Waals surface area contributed by atoms with Gasteiger partial charge in [0.2, 0.25) is 11.8 Å². The SMILES string of the molecule is CC(C)C(=O)N1Cc2ccnn2C(C(=O)N2CCOCC2)C1. The molecule has 2 amide bonds. The van der Waals surface area contributed by atoms with Crippen LogP contribution < -0.4 is 0 Å². The van der Waals surface area contributed by atoms with Gasteiger partial charge in [-0.25, -0.2) is 0 Å². The van der Waals surface area contributed by atoms with Crippen molar-refractivity contribution >= 4 is 11.8 Å². The normalized spacial score (nSPS) is 21.9. The number of aromatic nitrogens is 2. The fourth-order valence-corrected chi connectivity index (χ4v) is 3.00. The van der Waals surface area contributed by atoms with Crippen molar-refractivity contribution < 1.29 is 14.3 Å². The van der Waals surface area contributed by atoms with E-state index in [9.17, 15) is 9.59 Å². The number of hydrogen-bond acceptors (Lipinski definition) is 4. The number of morpholine rings is 1. The van der Waals surface area contributed by atoms with Crippen LogP contribution in [0.3, 0.4) is 0 Å². The van der Waals surface area contributed by atoms with Crippen LogP contribution in [0.4, 0.5) is 0 Å². The summed E-state index contributed by atoms with van der Waals surface area (Å²) in [6.07, 6.45) is 1.69. The summed E-state index contributed by atoms with van der Waals surface area (Å²) in [7, 11) is 0. The Bertz CT molecular complexity index is 563. The van der Waals surface area contributed by atoms with E-state index < -0.39 is 6.04 Å². The van der Waals surface area contributed by atoms with Crippen molar-refractivity contribution in [2.75, 3.05) is 32.8 Å². The van der Waals surface area contributed by atoms with E-state index in [0.717, 1.165) is 5.69 Å². The summed E-state index contributed by atoms with van der Waals surface area (Å²) in [5, 5.41) is 4.29. The van der Waals surface area contributed by atoms with E-state index in [1.807, 2.05) is 24.8 Å². The lowest BCUT2D eigenvalue weighted by Crippen LogP contribution is -2.51. The van der Waals surface area contributed by atoms with Crippen LogP contribution in [0, 0.1) is 5.92 Å². The molecule has 0 bridgehead atoms. The largest absolute Gasteiger partial charge is 0.378 e. The van der Waals surface area contributed by atoms with Crippen LogP contribution in [-0.4, -0.2) is 64.2 Å². The standard InChI is InChI=1S/C15H22N4O3/c1-11(2)14(20)18-9-12-3-4-16-19(12)13(10-18)15(21)17-5-7-22-8-6-17/h3-4,11,13H,5-10H2,1-2H3. The monoisotopic (exact) mass is 306 g/mol. The molecule has 3 rings (SSSR count). The van der Waals surface area contributed by atoms with E-state index in [4.69, 9.17) is 4.74 Å². The van der Waals surface area contributed by atoms with E-state index in [1.165, 1.54) is 0 Å². The molecule has 0 aliphatic carbocycles. The zero-order valence-electron chi connectivity index (χ0n) is 13.1. The van der Waals surface area contributed by atoms with Crippen LogP contribution in [-0.2, 0) is 20.9 Å². The molecule has 7 nitrogen and oxygen atoms in total. The molecular weight excluding hydrogens is 284 g/mol. The molecule has 0 saturated carbocycles. The molecule has 0 spiro atoms. The number of fused-ring (bicyclic) bond motifs is 1. The van der Waals surface area contributed by atoms with Gasteiger partial charge in [0, 0.05) is 25.2 Å².